The summed E-state index contributed by atoms with van der Waals surface area (Å²) in [6.45, 7) is 6.54. The molecule has 0 aromatic heterocycles. The Labute approximate surface area is 78.6 Å². The monoisotopic (exact) mass is 180 g/mol. The van der Waals surface area contributed by atoms with Crippen LogP contribution in [0.4, 0.5) is 0 Å². The maximum absolute atomic E-state index is 11.0. The van der Waals surface area contributed by atoms with Gasteiger partial charge < -0.3 is 5.11 Å². The molecule has 2 bridgehead atoms. The predicted molar refractivity (Wildman–Crippen MR) is 50.3 cm³/mol. The highest BCUT2D eigenvalue weighted by molar-refractivity contribution is 5.72. The van der Waals surface area contributed by atoms with Crippen molar-refractivity contribution in [2.45, 2.75) is 27.2 Å². The summed E-state index contributed by atoms with van der Waals surface area (Å²) in [5, 5.41) is 9.05. The van der Waals surface area contributed by atoms with Crippen LogP contribution in [-0.4, -0.2) is 11.1 Å². The number of hydrogen-bond acceptors (Lipinski definition) is 1. The quantitative estimate of drug-likeness (QED) is 0.629. The largest absolute Gasteiger partial charge is 0.481 e. The summed E-state index contributed by atoms with van der Waals surface area (Å²) >= 11 is 0. The van der Waals surface area contributed by atoms with E-state index in [-0.39, 0.29) is 22.7 Å². The fourth-order valence-electron chi connectivity index (χ4n) is 2.95. The Bertz CT molecular complexity index is 290. The van der Waals surface area contributed by atoms with Gasteiger partial charge in [-0.1, -0.05) is 32.9 Å². The molecule has 1 saturated carbocycles. The lowest BCUT2D eigenvalue weighted by Gasteiger charge is -2.33. The first-order valence-corrected chi connectivity index (χ1v) is 4.81. The molecule has 2 rings (SSSR count). The lowest BCUT2D eigenvalue weighted by atomic mass is 9.70. The number of hydrogen-bond donors (Lipinski definition) is 1. The minimum atomic E-state index is -0.633. The maximum atomic E-state index is 11.0. The molecular weight excluding hydrogens is 164 g/mol. The first-order chi connectivity index (χ1) is 5.88. The van der Waals surface area contributed by atoms with Crippen LogP contribution in [0.5, 0.6) is 0 Å². The van der Waals surface area contributed by atoms with E-state index in [1.165, 1.54) is 0 Å². The molecule has 0 radical (unpaired) electrons. The summed E-state index contributed by atoms with van der Waals surface area (Å²) in [6.07, 6.45) is 5.11. The molecule has 0 saturated heterocycles. The molecule has 0 heterocycles. The highest BCUT2D eigenvalue weighted by atomic mass is 16.4. The first-order valence-electron chi connectivity index (χ1n) is 4.81. The predicted octanol–water partition coefficient (Wildman–Crippen LogP) is 2.31. The van der Waals surface area contributed by atoms with E-state index in [1.54, 1.807) is 0 Å². The SMILES string of the molecule is CC12C=CC(C(C(=O)O)C1)C2(C)C. The lowest BCUT2D eigenvalue weighted by molar-refractivity contribution is -0.143. The van der Waals surface area contributed by atoms with Crippen LogP contribution >= 0.6 is 0 Å². The van der Waals surface area contributed by atoms with Crippen LogP contribution in [0.3, 0.4) is 0 Å². The van der Waals surface area contributed by atoms with Gasteiger partial charge in [0.1, 0.15) is 0 Å². The van der Waals surface area contributed by atoms with E-state index in [0.717, 1.165) is 6.42 Å². The molecule has 72 valence electrons. The Morgan fingerprint density at radius 1 is 1.46 bits per heavy atom. The molecule has 0 aliphatic heterocycles. The van der Waals surface area contributed by atoms with E-state index in [0.29, 0.717) is 0 Å². The van der Waals surface area contributed by atoms with Gasteiger partial charge >= 0.3 is 5.97 Å². The summed E-state index contributed by atoms with van der Waals surface area (Å²) in [4.78, 5) is 11.0. The van der Waals surface area contributed by atoms with Crippen molar-refractivity contribution in [2.24, 2.45) is 22.7 Å². The molecule has 0 aromatic rings. The van der Waals surface area contributed by atoms with Crippen molar-refractivity contribution in [3.05, 3.63) is 12.2 Å². The summed E-state index contributed by atoms with van der Waals surface area (Å²) in [6, 6.07) is 0. The molecule has 2 nitrogen and oxygen atoms in total. The molecule has 2 aliphatic rings. The summed E-state index contributed by atoms with van der Waals surface area (Å²) in [7, 11) is 0. The Kier molecular flexibility index (Phi) is 1.47. The molecule has 3 unspecified atom stereocenters. The van der Waals surface area contributed by atoms with Gasteiger partial charge in [0, 0.05) is 0 Å². The van der Waals surface area contributed by atoms with Crippen molar-refractivity contribution in [2.75, 3.05) is 0 Å². The van der Waals surface area contributed by atoms with Gasteiger partial charge in [0.25, 0.3) is 0 Å². The average Bonchev–Trinajstić information content (AvgIpc) is 2.34. The van der Waals surface area contributed by atoms with Crippen LogP contribution in [0.25, 0.3) is 0 Å². The van der Waals surface area contributed by atoms with Gasteiger partial charge in [-0.25, -0.2) is 0 Å². The number of rotatable bonds is 1. The molecule has 2 heteroatoms. The van der Waals surface area contributed by atoms with Crippen molar-refractivity contribution in [3.8, 4) is 0 Å². The average molecular weight is 180 g/mol. The first kappa shape index (κ1) is 8.79. The molecule has 1 N–H and O–H groups in total. The topological polar surface area (TPSA) is 37.3 Å². The fourth-order valence-corrected chi connectivity index (χ4v) is 2.95. The van der Waals surface area contributed by atoms with Gasteiger partial charge in [-0.05, 0) is 23.2 Å². The van der Waals surface area contributed by atoms with Crippen LogP contribution in [0.15, 0.2) is 12.2 Å². The molecule has 13 heavy (non-hydrogen) atoms. The molecule has 0 spiro atoms. The van der Waals surface area contributed by atoms with Crippen molar-refractivity contribution < 1.29 is 9.90 Å². The molecule has 3 atom stereocenters. The van der Waals surface area contributed by atoms with Crippen LogP contribution in [0.1, 0.15) is 27.2 Å². The third-order valence-corrected chi connectivity index (χ3v) is 4.37. The Morgan fingerprint density at radius 3 is 2.31 bits per heavy atom. The minimum absolute atomic E-state index is 0.0979. The maximum Gasteiger partial charge on any atom is 0.307 e. The number of fused-ring (bicyclic) bond motifs is 2. The van der Waals surface area contributed by atoms with Crippen molar-refractivity contribution in [3.63, 3.8) is 0 Å². The third kappa shape index (κ3) is 0.862. The van der Waals surface area contributed by atoms with Crippen molar-refractivity contribution in [1.82, 2.24) is 0 Å². The number of carbonyl (C=O) groups is 1. The Hall–Kier alpha value is -0.790. The van der Waals surface area contributed by atoms with Crippen LogP contribution in [0, 0.1) is 22.7 Å². The summed E-state index contributed by atoms with van der Waals surface area (Å²) in [5.41, 5.74) is 0.219. The lowest BCUT2D eigenvalue weighted by Crippen LogP contribution is -2.27. The van der Waals surface area contributed by atoms with Gasteiger partial charge in [0.15, 0.2) is 0 Å². The molecular formula is C11H16O2. The van der Waals surface area contributed by atoms with Crippen LogP contribution in [-0.2, 0) is 4.79 Å². The van der Waals surface area contributed by atoms with Gasteiger partial charge in [-0.15, -0.1) is 0 Å². The number of carboxylic acid groups (broad SMARTS) is 1. The van der Waals surface area contributed by atoms with Crippen LogP contribution < -0.4 is 0 Å². The van der Waals surface area contributed by atoms with Crippen LogP contribution in [0.2, 0.25) is 0 Å². The van der Waals surface area contributed by atoms with Gasteiger partial charge in [-0.2, -0.15) is 0 Å². The second kappa shape index (κ2) is 2.17. The zero-order valence-corrected chi connectivity index (χ0v) is 8.37. The highest BCUT2D eigenvalue weighted by Gasteiger charge is 2.59. The van der Waals surface area contributed by atoms with Gasteiger partial charge in [0.2, 0.25) is 0 Å². The Balaban J connectivity index is 2.40. The van der Waals surface area contributed by atoms with Gasteiger partial charge in [0.05, 0.1) is 5.92 Å². The number of carboxylic acids is 1. The zero-order chi connectivity index (χ0) is 9.85. The second-order valence-corrected chi connectivity index (χ2v) is 5.17. The molecule has 0 amide bonds. The van der Waals surface area contributed by atoms with E-state index >= 15 is 0 Å². The third-order valence-electron chi connectivity index (χ3n) is 4.37. The van der Waals surface area contributed by atoms with E-state index in [1.807, 2.05) is 0 Å². The molecule has 0 aromatic carbocycles. The van der Waals surface area contributed by atoms with E-state index in [2.05, 4.69) is 32.9 Å². The smallest absolute Gasteiger partial charge is 0.307 e. The highest BCUT2D eigenvalue weighted by Crippen LogP contribution is 2.63. The second-order valence-electron chi connectivity index (χ2n) is 5.17. The zero-order valence-electron chi connectivity index (χ0n) is 8.37. The van der Waals surface area contributed by atoms with Crippen molar-refractivity contribution >= 4 is 5.97 Å². The number of allylic oxidation sites excluding steroid dienone is 2. The molecule has 1 fully saturated rings. The van der Waals surface area contributed by atoms with E-state index in [4.69, 9.17) is 5.11 Å². The summed E-state index contributed by atoms with van der Waals surface area (Å²) < 4.78 is 0. The van der Waals surface area contributed by atoms with E-state index in [9.17, 15) is 4.79 Å². The van der Waals surface area contributed by atoms with E-state index < -0.39 is 5.97 Å². The Morgan fingerprint density at radius 2 is 2.08 bits per heavy atom. The normalized spacial score (nSPS) is 45.5. The molecule has 2 aliphatic carbocycles. The minimum Gasteiger partial charge on any atom is -0.481 e. The standard InChI is InChI=1S/C11H16O2/c1-10(2)8-4-5-11(10,3)6-7(8)9(12)13/h4-5,7-8H,6H2,1-3H3,(H,12,13). The van der Waals surface area contributed by atoms with Gasteiger partial charge in [-0.3, -0.25) is 4.79 Å². The number of aliphatic carboxylic acids is 1. The van der Waals surface area contributed by atoms with Crippen molar-refractivity contribution in [1.29, 1.82) is 0 Å². The fraction of sp³-hybridized carbons (Fsp3) is 0.727. The summed E-state index contributed by atoms with van der Waals surface area (Å²) in [5.74, 6) is -0.564.